The van der Waals surface area contributed by atoms with E-state index in [-0.39, 0.29) is 23.3 Å². The molecule has 3 nitrogen and oxygen atoms in total. The molecule has 0 saturated carbocycles. The second-order valence-corrected chi connectivity index (χ2v) is 6.72. The molecule has 0 aliphatic rings. The lowest BCUT2D eigenvalue weighted by molar-refractivity contribution is -0.121. The molecule has 1 atom stereocenters. The number of hydrogen-bond donors (Lipinski definition) is 2. The molecule has 0 radical (unpaired) electrons. The van der Waals surface area contributed by atoms with Crippen LogP contribution >= 0.6 is 11.8 Å². The molecule has 0 heterocycles. The van der Waals surface area contributed by atoms with Crippen LogP contribution in [0.4, 0.5) is 0 Å². The average molecular weight is 267 g/mol. The topological polar surface area (TPSA) is 49.3 Å². The van der Waals surface area contributed by atoms with Crippen molar-refractivity contribution in [3.05, 3.63) is 29.8 Å². The van der Waals surface area contributed by atoms with E-state index in [1.807, 2.05) is 52.0 Å². The van der Waals surface area contributed by atoms with Gasteiger partial charge >= 0.3 is 0 Å². The van der Waals surface area contributed by atoms with E-state index in [4.69, 9.17) is 5.11 Å². The maximum Gasteiger partial charge on any atom is 0.233 e. The molecule has 0 aliphatic heterocycles. The first-order valence-corrected chi connectivity index (χ1v) is 6.88. The van der Waals surface area contributed by atoms with Gasteiger partial charge in [-0.3, -0.25) is 4.79 Å². The first-order chi connectivity index (χ1) is 8.31. The summed E-state index contributed by atoms with van der Waals surface area (Å²) in [5, 5.41) is 11.8. The van der Waals surface area contributed by atoms with E-state index in [2.05, 4.69) is 5.32 Å². The fraction of sp³-hybridized carbons (Fsp3) is 0.500. The van der Waals surface area contributed by atoms with Crippen molar-refractivity contribution in [1.29, 1.82) is 0 Å². The number of amides is 1. The van der Waals surface area contributed by atoms with Crippen LogP contribution in [0.15, 0.2) is 29.2 Å². The number of nitrogens with one attached hydrogen (secondary N) is 1. The van der Waals surface area contributed by atoms with Gasteiger partial charge in [0, 0.05) is 10.4 Å². The maximum absolute atomic E-state index is 11.9. The van der Waals surface area contributed by atoms with Gasteiger partial charge in [-0.1, -0.05) is 12.1 Å². The zero-order valence-corrected chi connectivity index (χ0v) is 12.2. The van der Waals surface area contributed by atoms with E-state index >= 15 is 0 Å². The normalized spacial score (nSPS) is 13.2. The number of aliphatic hydroxyl groups is 1. The van der Waals surface area contributed by atoms with Crippen LogP contribution in [0.1, 0.15) is 33.3 Å². The molecule has 0 saturated heterocycles. The molecule has 2 N–H and O–H groups in total. The van der Waals surface area contributed by atoms with Gasteiger partial charge in [-0.2, -0.15) is 0 Å². The zero-order valence-electron chi connectivity index (χ0n) is 11.4. The molecule has 18 heavy (non-hydrogen) atoms. The molecule has 1 unspecified atom stereocenters. The van der Waals surface area contributed by atoms with E-state index in [1.165, 1.54) is 11.8 Å². The van der Waals surface area contributed by atoms with Crippen molar-refractivity contribution in [2.45, 2.75) is 50.0 Å². The van der Waals surface area contributed by atoms with Crippen molar-refractivity contribution < 1.29 is 9.90 Å². The Bertz CT molecular complexity index is 395. The maximum atomic E-state index is 11.9. The van der Waals surface area contributed by atoms with Crippen LogP contribution in [-0.2, 0) is 11.4 Å². The molecular weight excluding hydrogens is 246 g/mol. The molecule has 1 aromatic carbocycles. The molecular formula is C14H21NO2S. The third kappa shape index (κ3) is 5.10. The lowest BCUT2D eigenvalue weighted by atomic mass is 10.1. The van der Waals surface area contributed by atoms with Crippen LogP contribution in [0.2, 0.25) is 0 Å². The van der Waals surface area contributed by atoms with Crippen molar-refractivity contribution in [3.63, 3.8) is 0 Å². The van der Waals surface area contributed by atoms with Gasteiger partial charge in [0.15, 0.2) is 0 Å². The van der Waals surface area contributed by atoms with E-state index in [0.717, 1.165) is 10.5 Å². The molecule has 0 spiro atoms. The Morgan fingerprint density at radius 1 is 1.33 bits per heavy atom. The molecule has 0 bridgehead atoms. The molecule has 4 heteroatoms. The third-order valence-electron chi connectivity index (χ3n) is 2.29. The van der Waals surface area contributed by atoms with Crippen molar-refractivity contribution in [2.24, 2.45) is 0 Å². The Morgan fingerprint density at radius 2 is 1.89 bits per heavy atom. The summed E-state index contributed by atoms with van der Waals surface area (Å²) in [6.45, 7) is 7.85. The van der Waals surface area contributed by atoms with Gasteiger partial charge in [0.2, 0.25) is 5.91 Å². The summed E-state index contributed by atoms with van der Waals surface area (Å²) in [7, 11) is 0. The van der Waals surface area contributed by atoms with Gasteiger partial charge in [-0.15, -0.1) is 11.8 Å². The van der Waals surface area contributed by atoms with Gasteiger partial charge in [0.1, 0.15) is 0 Å². The second kappa shape index (κ2) is 6.25. The van der Waals surface area contributed by atoms with Crippen molar-refractivity contribution in [2.75, 3.05) is 0 Å². The molecule has 1 aromatic rings. The summed E-state index contributed by atoms with van der Waals surface area (Å²) in [6.07, 6.45) is 0. The number of thioether (sulfide) groups is 1. The summed E-state index contributed by atoms with van der Waals surface area (Å²) in [6, 6.07) is 7.60. The van der Waals surface area contributed by atoms with Crippen LogP contribution in [0.5, 0.6) is 0 Å². The molecule has 100 valence electrons. The first-order valence-electron chi connectivity index (χ1n) is 6.00. The largest absolute Gasteiger partial charge is 0.392 e. The average Bonchev–Trinajstić information content (AvgIpc) is 2.27. The highest BCUT2D eigenvalue weighted by Crippen LogP contribution is 2.24. The molecule has 0 aromatic heterocycles. The lowest BCUT2D eigenvalue weighted by Crippen LogP contribution is -2.44. The predicted molar refractivity (Wildman–Crippen MR) is 75.6 cm³/mol. The molecule has 0 aliphatic carbocycles. The van der Waals surface area contributed by atoms with E-state index in [0.29, 0.717) is 0 Å². The minimum absolute atomic E-state index is 0.0405. The number of aliphatic hydroxyl groups excluding tert-OH is 1. The van der Waals surface area contributed by atoms with Crippen LogP contribution in [0, 0.1) is 0 Å². The standard InChI is InChI=1S/C14H21NO2S/c1-10(13(17)15-14(2,3)4)18-12-7-5-11(9-16)6-8-12/h5-8,10,16H,9H2,1-4H3,(H,15,17). The second-order valence-electron chi connectivity index (χ2n) is 5.30. The Kier molecular flexibility index (Phi) is 5.23. The number of carbonyl (C=O) groups excluding carboxylic acids is 1. The Hall–Kier alpha value is -1.00. The van der Waals surface area contributed by atoms with E-state index in [9.17, 15) is 4.79 Å². The van der Waals surface area contributed by atoms with E-state index < -0.39 is 0 Å². The summed E-state index contributed by atoms with van der Waals surface area (Å²) in [5.41, 5.74) is 0.679. The van der Waals surface area contributed by atoms with Gasteiger partial charge in [0.25, 0.3) is 0 Å². The number of hydrogen-bond acceptors (Lipinski definition) is 3. The Morgan fingerprint density at radius 3 is 2.33 bits per heavy atom. The lowest BCUT2D eigenvalue weighted by Gasteiger charge is -2.23. The van der Waals surface area contributed by atoms with Crippen LogP contribution in [0.3, 0.4) is 0 Å². The summed E-state index contributed by atoms with van der Waals surface area (Å²) in [5.74, 6) is 0.0405. The zero-order chi connectivity index (χ0) is 13.8. The summed E-state index contributed by atoms with van der Waals surface area (Å²) in [4.78, 5) is 12.9. The van der Waals surface area contributed by atoms with Gasteiger partial charge in [-0.05, 0) is 45.4 Å². The quantitative estimate of drug-likeness (QED) is 0.824. The summed E-state index contributed by atoms with van der Waals surface area (Å²) < 4.78 is 0. The number of carbonyl (C=O) groups is 1. The van der Waals surface area contributed by atoms with Crippen LogP contribution in [0.25, 0.3) is 0 Å². The minimum atomic E-state index is -0.202. The molecule has 1 amide bonds. The van der Waals surface area contributed by atoms with Gasteiger partial charge < -0.3 is 10.4 Å². The minimum Gasteiger partial charge on any atom is -0.392 e. The van der Waals surface area contributed by atoms with Gasteiger partial charge in [-0.25, -0.2) is 0 Å². The first kappa shape index (κ1) is 15.1. The SMILES string of the molecule is CC(Sc1ccc(CO)cc1)C(=O)NC(C)(C)C. The Labute approximate surface area is 113 Å². The highest BCUT2D eigenvalue weighted by molar-refractivity contribution is 8.00. The third-order valence-corrected chi connectivity index (χ3v) is 3.40. The fourth-order valence-electron chi connectivity index (χ4n) is 1.40. The Balaban J connectivity index is 2.58. The number of benzene rings is 1. The van der Waals surface area contributed by atoms with Crippen molar-refractivity contribution in [3.8, 4) is 0 Å². The smallest absolute Gasteiger partial charge is 0.233 e. The summed E-state index contributed by atoms with van der Waals surface area (Å²) >= 11 is 1.52. The predicted octanol–water partition coefficient (Wildman–Crippen LogP) is 2.57. The van der Waals surface area contributed by atoms with Crippen LogP contribution < -0.4 is 5.32 Å². The number of rotatable bonds is 4. The highest BCUT2D eigenvalue weighted by atomic mass is 32.2. The van der Waals surface area contributed by atoms with Crippen molar-refractivity contribution in [1.82, 2.24) is 5.32 Å². The van der Waals surface area contributed by atoms with Crippen LogP contribution in [-0.4, -0.2) is 21.8 Å². The van der Waals surface area contributed by atoms with Gasteiger partial charge in [0.05, 0.1) is 11.9 Å². The molecule has 1 rings (SSSR count). The van der Waals surface area contributed by atoms with E-state index in [1.54, 1.807) is 0 Å². The highest BCUT2D eigenvalue weighted by Gasteiger charge is 2.19. The van der Waals surface area contributed by atoms with Crippen molar-refractivity contribution >= 4 is 17.7 Å². The monoisotopic (exact) mass is 267 g/mol. The molecule has 0 fully saturated rings. The fourth-order valence-corrected chi connectivity index (χ4v) is 2.27.